The molecule has 4 heteroatoms. The molecule has 0 aliphatic carbocycles. The summed E-state index contributed by atoms with van der Waals surface area (Å²) < 4.78 is 10.5. The van der Waals surface area contributed by atoms with Crippen molar-refractivity contribution >= 4 is 0 Å². The Kier molecular flexibility index (Phi) is 3.45. The van der Waals surface area contributed by atoms with Gasteiger partial charge in [-0.25, -0.2) is 0 Å². The fourth-order valence-corrected chi connectivity index (χ4v) is 1.08. The summed E-state index contributed by atoms with van der Waals surface area (Å²) >= 11 is 0. The second-order valence-electron chi connectivity index (χ2n) is 2.65. The first-order valence-electron chi connectivity index (χ1n) is 4.50. The maximum absolute atomic E-state index is 9.23. The highest BCUT2D eigenvalue weighted by atomic mass is 16.5. The minimum Gasteiger partial charge on any atom is -0.504 e. The van der Waals surface area contributed by atoms with E-state index in [1.165, 1.54) is 12.1 Å². The Balaban J connectivity index is 3.03. The molecule has 14 heavy (non-hydrogen) atoms. The highest BCUT2D eigenvalue weighted by Crippen LogP contribution is 2.38. The van der Waals surface area contributed by atoms with Crippen molar-refractivity contribution in [2.45, 2.75) is 13.8 Å². The lowest BCUT2D eigenvalue weighted by atomic mass is 10.3. The van der Waals surface area contributed by atoms with Crippen LogP contribution >= 0.6 is 0 Å². The Hall–Kier alpha value is -1.58. The van der Waals surface area contributed by atoms with E-state index in [9.17, 15) is 10.2 Å². The molecule has 0 saturated heterocycles. The van der Waals surface area contributed by atoms with Crippen LogP contribution in [0.4, 0.5) is 0 Å². The van der Waals surface area contributed by atoms with Crippen LogP contribution in [0, 0.1) is 0 Å². The van der Waals surface area contributed by atoms with Crippen LogP contribution in [-0.2, 0) is 0 Å². The molecule has 0 radical (unpaired) electrons. The molecule has 0 atom stereocenters. The summed E-state index contributed by atoms with van der Waals surface area (Å²) in [4.78, 5) is 0. The molecule has 4 nitrogen and oxygen atoms in total. The zero-order valence-corrected chi connectivity index (χ0v) is 8.28. The summed E-state index contributed by atoms with van der Waals surface area (Å²) in [7, 11) is 0. The van der Waals surface area contributed by atoms with Gasteiger partial charge in [-0.05, 0) is 13.8 Å². The van der Waals surface area contributed by atoms with Gasteiger partial charge >= 0.3 is 0 Å². The predicted octanol–water partition coefficient (Wildman–Crippen LogP) is 1.90. The van der Waals surface area contributed by atoms with Gasteiger partial charge in [0.15, 0.2) is 23.0 Å². The molecule has 0 heterocycles. The molecule has 0 bridgehead atoms. The van der Waals surface area contributed by atoms with E-state index >= 15 is 0 Å². The predicted molar refractivity (Wildman–Crippen MR) is 52.1 cm³/mol. The SMILES string of the molecule is CCOc1cc(O)c(O)cc1OCC. The number of phenols is 2. The first-order valence-corrected chi connectivity index (χ1v) is 4.50. The van der Waals surface area contributed by atoms with Gasteiger partial charge in [-0.1, -0.05) is 0 Å². The summed E-state index contributed by atoms with van der Waals surface area (Å²) in [6, 6.07) is 2.67. The van der Waals surface area contributed by atoms with Gasteiger partial charge in [0.1, 0.15) is 0 Å². The van der Waals surface area contributed by atoms with Crippen molar-refractivity contribution in [2.75, 3.05) is 13.2 Å². The molecule has 1 rings (SSSR count). The topological polar surface area (TPSA) is 58.9 Å². The van der Waals surface area contributed by atoms with Gasteiger partial charge in [0.2, 0.25) is 0 Å². The monoisotopic (exact) mass is 198 g/mol. The second-order valence-corrected chi connectivity index (χ2v) is 2.65. The first kappa shape index (κ1) is 10.5. The molecule has 1 aromatic carbocycles. The highest BCUT2D eigenvalue weighted by Gasteiger charge is 2.10. The summed E-state index contributed by atoms with van der Waals surface area (Å²) in [5.74, 6) is 0.447. The zero-order chi connectivity index (χ0) is 10.6. The number of benzene rings is 1. The van der Waals surface area contributed by atoms with Gasteiger partial charge in [-0.3, -0.25) is 0 Å². The third kappa shape index (κ3) is 2.22. The minimum absolute atomic E-state index is 0.211. The third-order valence-electron chi connectivity index (χ3n) is 1.64. The molecule has 78 valence electrons. The lowest BCUT2D eigenvalue weighted by Gasteiger charge is -2.11. The Bertz CT molecular complexity index is 278. The fourth-order valence-electron chi connectivity index (χ4n) is 1.08. The molecule has 0 spiro atoms. The molecular weight excluding hydrogens is 184 g/mol. The average molecular weight is 198 g/mol. The fraction of sp³-hybridized carbons (Fsp3) is 0.400. The minimum atomic E-state index is -0.211. The van der Waals surface area contributed by atoms with Crippen LogP contribution in [0.1, 0.15) is 13.8 Å². The van der Waals surface area contributed by atoms with E-state index in [1.54, 1.807) is 0 Å². The van der Waals surface area contributed by atoms with Crippen LogP contribution in [0.25, 0.3) is 0 Å². The summed E-state index contributed by atoms with van der Waals surface area (Å²) in [5, 5.41) is 18.5. The van der Waals surface area contributed by atoms with Gasteiger partial charge in [0.05, 0.1) is 13.2 Å². The molecule has 0 unspecified atom stereocenters. The van der Waals surface area contributed by atoms with E-state index in [-0.39, 0.29) is 11.5 Å². The smallest absolute Gasteiger partial charge is 0.165 e. The van der Waals surface area contributed by atoms with E-state index in [4.69, 9.17) is 9.47 Å². The lowest BCUT2D eigenvalue weighted by molar-refractivity contribution is 0.283. The average Bonchev–Trinajstić information content (AvgIpc) is 2.14. The first-order chi connectivity index (χ1) is 6.69. The maximum Gasteiger partial charge on any atom is 0.165 e. The summed E-state index contributed by atoms with van der Waals surface area (Å²) in [6.45, 7) is 4.62. The second kappa shape index (κ2) is 4.60. The Morgan fingerprint density at radius 1 is 0.929 bits per heavy atom. The molecule has 0 aliphatic rings. The summed E-state index contributed by atoms with van der Waals surface area (Å²) in [6.07, 6.45) is 0. The number of rotatable bonds is 4. The van der Waals surface area contributed by atoms with Gasteiger partial charge in [-0.2, -0.15) is 0 Å². The lowest BCUT2D eigenvalue weighted by Crippen LogP contribution is -1.98. The van der Waals surface area contributed by atoms with E-state index in [1.807, 2.05) is 13.8 Å². The third-order valence-corrected chi connectivity index (χ3v) is 1.64. The van der Waals surface area contributed by atoms with Gasteiger partial charge in [-0.15, -0.1) is 0 Å². The van der Waals surface area contributed by atoms with Crippen LogP contribution < -0.4 is 9.47 Å². The number of hydrogen-bond acceptors (Lipinski definition) is 4. The molecule has 0 fully saturated rings. The van der Waals surface area contributed by atoms with Crippen LogP contribution in [0.5, 0.6) is 23.0 Å². The van der Waals surface area contributed by atoms with Gasteiger partial charge in [0, 0.05) is 12.1 Å². The van der Waals surface area contributed by atoms with E-state index in [0.29, 0.717) is 24.7 Å². The van der Waals surface area contributed by atoms with Gasteiger partial charge in [0.25, 0.3) is 0 Å². The molecule has 0 aliphatic heterocycles. The molecule has 0 saturated carbocycles. The van der Waals surface area contributed by atoms with Crippen molar-refractivity contribution in [3.05, 3.63) is 12.1 Å². The molecule has 0 amide bonds. The van der Waals surface area contributed by atoms with Crippen molar-refractivity contribution in [2.24, 2.45) is 0 Å². The number of hydrogen-bond donors (Lipinski definition) is 2. The molecular formula is C10H14O4. The van der Waals surface area contributed by atoms with E-state index in [2.05, 4.69) is 0 Å². The van der Waals surface area contributed by atoms with Crippen molar-refractivity contribution in [3.63, 3.8) is 0 Å². The Labute approximate surface area is 82.7 Å². The van der Waals surface area contributed by atoms with Crippen molar-refractivity contribution in [1.29, 1.82) is 0 Å². The van der Waals surface area contributed by atoms with Crippen LogP contribution in [0.2, 0.25) is 0 Å². The van der Waals surface area contributed by atoms with Crippen LogP contribution in [-0.4, -0.2) is 23.4 Å². The molecule has 1 aromatic rings. The normalized spacial score (nSPS) is 9.86. The molecule has 0 aromatic heterocycles. The zero-order valence-electron chi connectivity index (χ0n) is 8.28. The number of phenolic OH excluding ortho intramolecular Hbond substituents is 2. The Morgan fingerprint density at radius 2 is 1.29 bits per heavy atom. The maximum atomic E-state index is 9.23. The molecule has 2 N–H and O–H groups in total. The number of ether oxygens (including phenoxy) is 2. The largest absolute Gasteiger partial charge is 0.504 e. The quantitative estimate of drug-likeness (QED) is 0.725. The van der Waals surface area contributed by atoms with Crippen molar-refractivity contribution in [1.82, 2.24) is 0 Å². The van der Waals surface area contributed by atoms with Crippen molar-refractivity contribution in [3.8, 4) is 23.0 Å². The summed E-state index contributed by atoms with van der Waals surface area (Å²) in [5.41, 5.74) is 0. The van der Waals surface area contributed by atoms with E-state index in [0.717, 1.165) is 0 Å². The Morgan fingerprint density at radius 3 is 1.57 bits per heavy atom. The standard InChI is InChI=1S/C10H14O4/c1-3-13-9-5-7(11)8(12)6-10(9)14-4-2/h5-6,11-12H,3-4H2,1-2H3. The van der Waals surface area contributed by atoms with Crippen LogP contribution in [0.3, 0.4) is 0 Å². The number of aromatic hydroxyl groups is 2. The highest BCUT2D eigenvalue weighted by molar-refractivity contribution is 5.52. The van der Waals surface area contributed by atoms with E-state index < -0.39 is 0 Å². The van der Waals surface area contributed by atoms with Gasteiger partial charge < -0.3 is 19.7 Å². The van der Waals surface area contributed by atoms with Crippen LogP contribution in [0.15, 0.2) is 12.1 Å². The van der Waals surface area contributed by atoms with Crippen molar-refractivity contribution < 1.29 is 19.7 Å².